The maximum absolute atomic E-state index is 12.3. The largest absolute Gasteiger partial charge is 0.356 e. The van der Waals surface area contributed by atoms with Crippen LogP contribution in [0.2, 0.25) is 0 Å². The molecule has 0 unspecified atom stereocenters. The van der Waals surface area contributed by atoms with Gasteiger partial charge in [-0.15, -0.1) is 11.3 Å². The highest BCUT2D eigenvalue weighted by atomic mass is 32.1. The third kappa shape index (κ3) is 4.61. The number of likely N-dealkylation sites (tertiary alicyclic amines) is 1. The molecule has 1 fully saturated rings. The number of thiazole rings is 1. The molecule has 2 aromatic rings. The molecule has 1 aliphatic heterocycles. The van der Waals surface area contributed by atoms with Crippen molar-refractivity contribution in [1.82, 2.24) is 15.2 Å². The molecule has 0 saturated carbocycles. The predicted molar refractivity (Wildman–Crippen MR) is 105 cm³/mol. The fourth-order valence-corrected chi connectivity index (χ4v) is 4.36. The molecular formula is C20H27N3O2S. The maximum Gasteiger partial charge on any atom is 0.225 e. The van der Waals surface area contributed by atoms with Crippen LogP contribution in [0, 0.1) is 11.8 Å². The molecule has 1 saturated heterocycles. The van der Waals surface area contributed by atoms with E-state index in [0.717, 1.165) is 36.2 Å². The molecule has 0 atom stereocenters. The normalized spacial score (nSPS) is 15.6. The van der Waals surface area contributed by atoms with Crippen LogP contribution in [0.15, 0.2) is 24.3 Å². The molecule has 1 aromatic carbocycles. The Hall–Kier alpha value is -1.95. The Labute approximate surface area is 158 Å². The molecule has 2 heterocycles. The third-order valence-electron chi connectivity index (χ3n) is 4.88. The molecule has 26 heavy (non-hydrogen) atoms. The van der Waals surface area contributed by atoms with Crippen LogP contribution in [0.4, 0.5) is 0 Å². The third-order valence-corrected chi connectivity index (χ3v) is 5.97. The Balaban J connectivity index is 1.37. The van der Waals surface area contributed by atoms with Crippen LogP contribution in [0.1, 0.15) is 38.1 Å². The molecule has 1 aliphatic rings. The minimum absolute atomic E-state index is 0.0305. The second kappa shape index (κ2) is 8.62. The Morgan fingerprint density at radius 2 is 2.00 bits per heavy atom. The Morgan fingerprint density at radius 1 is 1.27 bits per heavy atom. The molecule has 0 spiro atoms. The van der Waals surface area contributed by atoms with Gasteiger partial charge < -0.3 is 10.2 Å². The average Bonchev–Trinajstić information content (AvgIpc) is 3.07. The Kier molecular flexibility index (Phi) is 6.25. The van der Waals surface area contributed by atoms with Gasteiger partial charge in [0.25, 0.3) is 0 Å². The number of hydrogen-bond donors (Lipinski definition) is 1. The van der Waals surface area contributed by atoms with Crippen LogP contribution in [-0.4, -0.2) is 41.3 Å². The van der Waals surface area contributed by atoms with Gasteiger partial charge in [-0.25, -0.2) is 4.98 Å². The van der Waals surface area contributed by atoms with Crippen LogP contribution in [0.5, 0.6) is 0 Å². The van der Waals surface area contributed by atoms with Crippen LogP contribution in [0.3, 0.4) is 0 Å². The number of aromatic nitrogens is 1. The van der Waals surface area contributed by atoms with Gasteiger partial charge in [0.1, 0.15) is 0 Å². The summed E-state index contributed by atoms with van der Waals surface area (Å²) in [6, 6.07) is 8.17. The monoisotopic (exact) mass is 373 g/mol. The molecule has 5 nitrogen and oxygen atoms in total. The topological polar surface area (TPSA) is 62.3 Å². The second-order valence-corrected chi connectivity index (χ2v) is 8.34. The molecule has 2 amide bonds. The number of nitrogens with one attached hydrogen (secondary N) is 1. The highest BCUT2D eigenvalue weighted by Crippen LogP contribution is 2.22. The number of carbonyl (C=O) groups excluding carboxylic acids is 2. The van der Waals surface area contributed by atoms with E-state index in [4.69, 9.17) is 0 Å². The molecule has 1 aromatic heterocycles. The van der Waals surface area contributed by atoms with E-state index in [1.807, 2.05) is 36.9 Å². The van der Waals surface area contributed by atoms with Gasteiger partial charge in [-0.1, -0.05) is 26.0 Å². The molecule has 0 aliphatic carbocycles. The molecular weight excluding hydrogens is 346 g/mol. The van der Waals surface area contributed by atoms with Gasteiger partial charge in [-0.2, -0.15) is 0 Å². The van der Waals surface area contributed by atoms with Crippen molar-refractivity contribution in [2.45, 2.75) is 39.5 Å². The average molecular weight is 374 g/mol. The van der Waals surface area contributed by atoms with E-state index >= 15 is 0 Å². The van der Waals surface area contributed by atoms with Crippen molar-refractivity contribution >= 4 is 33.4 Å². The first-order valence-corrected chi connectivity index (χ1v) is 10.3. The van der Waals surface area contributed by atoms with E-state index in [1.54, 1.807) is 11.3 Å². The first-order chi connectivity index (χ1) is 12.5. The van der Waals surface area contributed by atoms with Crippen LogP contribution in [-0.2, 0) is 16.0 Å². The summed E-state index contributed by atoms with van der Waals surface area (Å²) in [4.78, 5) is 30.9. The van der Waals surface area contributed by atoms with Crippen LogP contribution in [0.25, 0.3) is 10.2 Å². The summed E-state index contributed by atoms with van der Waals surface area (Å²) < 4.78 is 1.22. The molecule has 1 N–H and O–H groups in total. The van der Waals surface area contributed by atoms with Crippen molar-refractivity contribution in [3.63, 3.8) is 0 Å². The lowest BCUT2D eigenvalue weighted by atomic mass is 9.95. The number of benzene rings is 1. The molecule has 0 radical (unpaired) electrons. The summed E-state index contributed by atoms with van der Waals surface area (Å²) >= 11 is 1.73. The smallest absolute Gasteiger partial charge is 0.225 e. The first-order valence-electron chi connectivity index (χ1n) is 9.45. The Morgan fingerprint density at radius 3 is 2.69 bits per heavy atom. The summed E-state index contributed by atoms with van der Waals surface area (Å²) in [6.45, 7) is 5.92. The minimum Gasteiger partial charge on any atom is -0.356 e. The van der Waals surface area contributed by atoms with Gasteiger partial charge in [0.15, 0.2) is 0 Å². The highest BCUT2D eigenvalue weighted by Gasteiger charge is 2.27. The molecule has 6 heteroatoms. The van der Waals surface area contributed by atoms with Crippen LogP contribution >= 0.6 is 11.3 Å². The number of rotatable bonds is 6. The fraction of sp³-hybridized carbons (Fsp3) is 0.550. The number of hydrogen-bond acceptors (Lipinski definition) is 4. The Bertz CT molecular complexity index is 730. The van der Waals surface area contributed by atoms with Crippen molar-refractivity contribution < 1.29 is 9.59 Å². The SMILES string of the molecule is CC(C)C(=O)N1CCC(C(=O)NCCCc2nc3ccccc3s2)CC1. The molecule has 140 valence electrons. The summed E-state index contributed by atoms with van der Waals surface area (Å²) in [5.74, 6) is 0.391. The van der Waals surface area contributed by atoms with E-state index in [9.17, 15) is 9.59 Å². The first kappa shape index (κ1) is 18.8. The second-order valence-electron chi connectivity index (χ2n) is 7.22. The fourth-order valence-electron chi connectivity index (χ4n) is 3.35. The zero-order valence-electron chi connectivity index (χ0n) is 15.5. The highest BCUT2D eigenvalue weighted by molar-refractivity contribution is 7.18. The summed E-state index contributed by atoms with van der Waals surface area (Å²) in [5, 5.41) is 4.18. The van der Waals surface area contributed by atoms with Crippen LogP contribution < -0.4 is 5.32 Å². The quantitative estimate of drug-likeness (QED) is 0.791. The summed E-state index contributed by atoms with van der Waals surface area (Å²) in [5.41, 5.74) is 1.05. The van der Waals surface area contributed by atoms with Gasteiger partial charge >= 0.3 is 0 Å². The standard InChI is InChI=1S/C20H27N3O2S/c1-14(2)20(25)23-12-9-15(10-13-23)19(24)21-11-5-8-18-22-16-6-3-4-7-17(16)26-18/h3-4,6-7,14-15H,5,8-13H2,1-2H3,(H,21,24). The number of para-hydroxylation sites is 1. The van der Waals surface area contributed by atoms with Gasteiger partial charge in [-0.05, 0) is 31.4 Å². The minimum atomic E-state index is 0.0305. The van der Waals surface area contributed by atoms with Gasteiger partial charge in [0, 0.05) is 37.9 Å². The lowest BCUT2D eigenvalue weighted by Gasteiger charge is -2.32. The van der Waals surface area contributed by atoms with Crippen molar-refractivity contribution in [2.75, 3.05) is 19.6 Å². The molecule has 3 rings (SSSR count). The van der Waals surface area contributed by atoms with Crippen molar-refractivity contribution in [1.29, 1.82) is 0 Å². The van der Waals surface area contributed by atoms with E-state index in [1.165, 1.54) is 4.70 Å². The number of fused-ring (bicyclic) bond motifs is 1. The zero-order chi connectivity index (χ0) is 18.5. The lowest BCUT2D eigenvalue weighted by molar-refractivity contribution is -0.138. The predicted octanol–water partition coefficient (Wildman–Crippen LogP) is 3.24. The number of nitrogens with zero attached hydrogens (tertiary/aromatic N) is 2. The van der Waals surface area contributed by atoms with Crippen molar-refractivity contribution in [2.24, 2.45) is 11.8 Å². The van der Waals surface area contributed by atoms with Gasteiger partial charge in [0.2, 0.25) is 11.8 Å². The number of carbonyl (C=O) groups is 2. The van der Waals surface area contributed by atoms with E-state index in [0.29, 0.717) is 19.6 Å². The van der Waals surface area contributed by atoms with Crippen molar-refractivity contribution in [3.8, 4) is 0 Å². The molecule has 0 bridgehead atoms. The van der Waals surface area contributed by atoms with E-state index < -0.39 is 0 Å². The van der Waals surface area contributed by atoms with E-state index in [2.05, 4.69) is 16.4 Å². The number of piperidine rings is 1. The van der Waals surface area contributed by atoms with Gasteiger partial charge in [-0.3, -0.25) is 9.59 Å². The maximum atomic E-state index is 12.3. The summed E-state index contributed by atoms with van der Waals surface area (Å²) in [6.07, 6.45) is 3.32. The van der Waals surface area contributed by atoms with Crippen molar-refractivity contribution in [3.05, 3.63) is 29.3 Å². The van der Waals surface area contributed by atoms with E-state index in [-0.39, 0.29) is 23.7 Å². The van der Waals surface area contributed by atoms with Gasteiger partial charge in [0.05, 0.1) is 15.2 Å². The summed E-state index contributed by atoms with van der Waals surface area (Å²) in [7, 11) is 0. The number of aryl methyl sites for hydroxylation is 1. The lowest BCUT2D eigenvalue weighted by Crippen LogP contribution is -2.44. The zero-order valence-corrected chi connectivity index (χ0v) is 16.3. The number of amides is 2.